The van der Waals surface area contributed by atoms with Crippen molar-refractivity contribution in [2.24, 2.45) is 0 Å². The van der Waals surface area contributed by atoms with Gasteiger partial charge in [-0.1, -0.05) is 6.07 Å². The predicted octanol–water partition coefficient (Wildman–Crippen LogP) is 0.649. The molecule has 1 unspecified atom stereocenters. The quantitative estimate of drug-likeness (QED) is 0.621. The number of nitrogens with two attached hydrogens (primary N) is 2. The lowest BCUT2D eigenvalue weighted by Crippen LogP contribution is -2.29. The van der Waals surface area contributed by atoms with Crippen molar-refractivity contribution in [2.45, 2.75) is 12.5 Å². The molecule has 0 radical (unpaired) electrons. The van der Waals surface area contributed by atoms with Crippen LogP contribution in [0.5, 0.6) is 0 Å². The molecule has 4 heteroatoms. The molecule has 0 amide bonds. The highest BCUT2D eigenvalue weighted by Gasteiger charge is 2.22. The van der Waals surface area contributed by atoms with E-state index in [2.05, 4.69) is 10.2 Å². The second-order valence-electron chi connectivity index (χ2n) is 4.00. The molecule has 0 aliphatic carbocycles. The van der Waals surface area contributed by atoms with Gasteiger partial charge < -0.3 is 21.7 Å². The van der Waals surface area contributed by atoms with E-state index in [4.69, 9.17) is 11.5 Å². The number of likely N-dealkylation sites (N-methyl/N-ethyl adjacent to an activating group) is 1. The Morgan fingerprint density at radius 2 is 2.20 bits per heavy atom. The van der Waals surface area contributed by atoms with E-state index in [-0.39, 0.29) is 0 Å². The van der Waals surface area contributed by atoms with E-state index in [0.717, 1.165) is 25.2 Å². The summed E-state index contributed by atoms with van der Waals surface area (Å²) < 4.78 is 0. The van der Waals surface area contributed by atoms with Crippen molar-refractivity contribution in [2.75, 3.05) is 36.5 Å². The standard InChI is InChI=1S/C11H18N4/c1-14-8-5-6-15(7-8)10-4-2-3-9(12)11(10)13/h2-4,8,14H,5-7,12-13H2,1H3. The molecule has 1 aromatic rings. The Labute approximate surface area is 90.2 Å². The lowest BCUT2D eigenvalue weighted by molar-refractivity contribution is 0.617. The second kappa shape index (κ2) is 3.98. The molecule has 5 N–H and O–H groups in total. The summed E-state index contributed by atoms with van der Waals surface area (Å²) in [5.74, 6) is 0. The number of anilines is 3. The number of benzene rings is 1. The number of nitrogens with one attached hydrogen (secondary N) is 1. The van der Waals surface area contributed by atoms with E-state index < -0.39 is 0 Å². The maximum absolute atomic E-state index is 5.96. The lowest BCUT2D eigenvalue weighted by Gasteiger charge is -2.21. The second-order valence-corrected chi connectivity index (χ2v) is 4.00. The first-order valence-corrected chi connectivity index (χ1v) is 5.28. The lowest BCUT2D eigenvalue weighted by atomic mass is 10.2. The summed E-state index contributed by atoms with van der Waals surface area (Å²) in [6.45, 7) is 2.04. The molecule has 0 saturated carbocycles. The zero-order valence-electron chi connectivity index (χ0n) is 9.03. The molecule has 1 atom stereocenters. The summed E-state index contributed by atoms with van der Waals surface area (Å²) in [7, 11) is 2.00. The van der Waals surface area contributed by atoms with Crippen molar-refractivity contribution < 1.29 is 0 Å². The van der Waals surface area contributed by atoms with Crippen molar-refractivity contribution >= 4 is 17.1 Å². The van der Waals surface area contributed by atoms with E-state index >= 15 is 0 Å². The van der Waals surface area contributed by atoms with Gasteiger partial charge in [-0.15, -0.1) is 0 Å². The van der Waals surface area contributed by atoms with Gasteiger partial charge in [-0.05, 0) is 25.6 Å². The third kappa shape index (κ3) is 1.85. The minimum absolute atomic E-state index is 0.561. The molecule has 82 valence electrons. The molecular weight excluding hydrogens is 188 g/mol. The van der Waals surface area contributed by atoms with E-state index in [9.17, 15) is 0 Å². The summed E-state index contributed by atoms with van der Waals surface area (Å²) in [5.41, 5.74) is 14.2. The highest BCUT2D eigenvalue weighted by Crippen LogP contribution is 2.30. The van der Waals surface area contributed by atoms with Gasteiger partial charge >= 0.3 is 0 Å². The average molecular weight is 206 g/mol. The van der Waals surface area contributed by atoms with Gasteiger partial charge in [-0.2, -0.15) is 0 Å². The average Bonchev–Trinajstić information content (AvgIpc) is 2.70. The van der Waals surface area contributed by atoms with Crippen LogP contribution in [0.2, 0.25) is 0 Å². The molecule has 2 rings (SSSR count). The van der Waals surface area contributed by atoms with Crippen LogP contribution in [0, 0.1) is 0 Å². The third-order valence-electron chi connectivity index (χ3n) is 3.05. The fourth-order valence-corrected chi connectivity index (χ4v) is 2.06. The van der Waals surface area contributed by atoms with Gasteiger partial charge in [-0.25, -0.2) is 0 Å². The summed E-state index contributed by atoms with van der Waals surface area (Å²) >= 11 is 0. The van der Waals surface area contributed by atoms with Crippen molar-refractivity contribution in [3.05, 3.63) is 18.2 Å². The number of nitrogens with zero attached hydrogens (tertiary/aromatic N) is 1. The molecule has 1 aliphatic heterocycles. The Balaban J connectivity index is 2.20. The van der Waals surface area contributed by atoms with Crippen LogP contribution in [-0.2, 0) is 0 Å². The van der Waals surface area contributed by atoms with Crippen molar-refractivity contribution in [3.63, 3.8) is 0 Å². The fraction of sp³-hybridized carbons (Fsp3) is 0.455. The first kappa shape index (κ1) is 10.1. The molecule has 1 saturated heterocycles. The van der Waals surface area contributed by atoms with Crippen molar-refractivity contribution in [1.82, 2.24) is 5.32 Å². The van der Waals surface area contributed by atoms with Crippen LogP contribution in [0.15, 0.2) is 18.2 Å². The summed E-state index contributed by atoms with van der Waals surface area (Å²) in [6, 6.07) is 6.38. The van der Waals surface area contributed by atoms with Crippen LogP contribution in [0.1, 0.15) is 6.42 Å². The predicted molar refractivity (Wildman–Crippen MR) is 64.9 cm³/mol. The molecule has 1 aromatic carbocycles. The maximum atomic E-state index is 5.96. The molecular formula is C11H18N4. The summed E-state index contributed by atoms with van der Waals surface area (Å²) in [5, 5.41) is 3.28. The van der Waals surface area contributed by atoms with Gasteiger partial charge in [0.25, 0.3) is 0 Å². The Hall–Kier alpha value is -1.42. The van der Waals surface area contributed by atoms with Gasteiger partial charge in [0.2, 0.25) is 0 Å². The highest BCUT2D eigenvalue weighted by atomic mass is 15.2. The van der Waals surface area contributed by atoms with E-state index in [1.165, 1.54) is 0 Å². The molecule has 1 heterocycles. The first-order valence-electron chi connectivity index (χ1n) is 5.28. The van der Waals surface area contributed by atoms with Crippen LogP contribution in [0.4, 0.5) is 17.1 Å². The zero-order chi connectivity index (χ0) is 10.8. The molecule has 1 fully saturated rings. The fourth-order valence-electron chi connectivity index (χ4n) is 2.06. The SMILES string of the molecule is CNC1CCN(c2cccc(N)c2N)C1. The largest absolute Gasteiger partial charge is 0.397 e. The van der Waals surface area contributed by atoms with Crippen LogP contribution in [-0.4, -0.2) is 26.2 Å². The van der Waals surface area contributed by atoms with E-state index in [0.29, 0.717) is 17.4 Å². The molecule has 4 nitrogen and oxygen atoms in total. The minimum Gasteiger partial charge on any atom is -0.397 e. The summed E-state index contributed by atoms with van der Waals surface area (Å²) in [6.07, 6.45) is 1.16. The minimum atomic E-state index is 0.561. The van der Waals surface area contributed by atoms with Crippen LogP contribution in [0.25, 0.3) is 0 Å². The molecule has 0 bridgehead atoms. The molecule has 1 aliphatic rings. The summed E-state index contributed by atoms with van der Waals surface area (Å²) in [4.78, 5) is 2.28. The first-order chi connectivity index (χ1) is 7.22. The third-order valence-corrected chi connectivity index (χ3v) is 3.05. The van der Waals surface area contributed by atoms with E-state index in [1.54, 1.807) is 0 Å². The topological polar surface area (TPSA) is 67.3 Å². The zero-order valence-corrected chi connectivity index (χ0v) is 9.03. The highest BCUT2D eigenvalue weighted by molar-refractivity contribution is 5.79. The Morgan fingerprint density at radius 3 is 2.87 bits per heavy atom. The number of para-hydroxylation sites is 1. The molecule has 15 heavy (non-hydrogen) atoms. The van der Waals surface area contributed by atoms with Gasteiger partial charge in [0, 0.05) is 19.1 Å². The molecule has 0 spiro atoms. The van der Waals surface area contributed by atoms with E-state index in [1.807, 2.05) is 25.2 Å². The smallest absolute Gasteiger partial charge is 0.0785 e. The van der Waals surface area contributed by atoms with Gasteiger partial charge in [0.1, 0.15) is 0 Å². The molecule has 0 aromatic heterocycles. The Morgan fingerprint density at radius 1 is 1.40 bits per heavy atom. The Bertz CT molecular complexity index is 350. The van der Waals surface area contributed by atoms with Crippen LogP contribution >= 0.6 is 0 Å². The van der Waals surface area contributed by atoms with Crippen LogP contribution in [0.3, 0.4) is 0 Å². The van der Waals surface area contributed by atoms with Gasteiger partial charge in [0.05, 0.1) is 17.1 Å². The van der Waals surface area contributed by atoms with Crippen LogP contribution < -0.4 is 21.7 Å². The number of rotatable bonds is 2. The van der Waals surface area contributed by atoms with Crippen molar-refractivity contribution in [1.29, 1.82) is 0 Å². The number of hydrogen-bond acceptors (Lipinski definition) is 4. The monoisotopic (exact) mass is 206 g/mol. The van der Waals surface area contributed by atoms with Gasteiger partial charge in [0.15, 0.2) is 0 Å². The number of hydrogen-bond donors (Lipinski definition) is 3. The Kier molecular flexibility index (Phi) is 2.68. The van der Waals surface area contributed by atoms with Gasteiger partial charge in [-0.3, -0.25) is 0 Å². The number of nitrogen functional groups attached to an aromatic ring is 2. The normalized spacial score (nSPS) is 20.9. The maximum Gasteiger partial charge on any atom is 0.0785 e. The van der Waals surface area contributed by atoms with Crippen molar-refractivity contribution in [3.8, 4) is 0 Å².